The number of carbonyl (C=O) groups excluding carboxylic acids is 1. The number of rotatable bonds is 5. The van der Waals surface area contributed by atoms with Gasteiger partial charge in [0.25, 0.3) is 11.5 Å². The van der Waals surface area contributed by atoms with Crippen molar-refractivity contribution in [3.8, 4) is 17.7 Å². The van der Waals surface area contributed by atoms with Crippen molar-refractivity contribution in [2.24, 2.45) is 0 Å². The predicted octanol–water partition coefficient (Wildman–Crippen LogP) is 3.29. The van der Waals surface area contributed by atoms with Crippen molar-refractivity contribution in [2.45, 2.75) is 6.92 Å². The Kier molecular flexibility index (Phi) is 5.87. The number of ether oxygens (including phenoxy) is 1. The Morgan fingerprint density at radius 1 is 1.32 bits per heavy atom. The number of aromatic nitrogens is 2. The molecule has 0 spiro atoms. The van der Waals surface area contributed by atoms with Crippen molar-refractivity contribution in [2.75, 3.05) is 6.54 Å². The summed E-state index contributed by atoms with van der Waals surface area (Å²) in [6.07, 6.45) is 2.76. The molecule has 0 atom stereocenters. The van der Waals surface area contributed by atoms with E-state index < -0.39 is 11.5 Å². The van der Waals surface area contributed by atoms with Crippen LogP contribution in [0.3, 0.4) is 0 Å². The highest BCUT2D eigenvalue weighted by molar-refractivity contribution is 9.10. The van der Waals surface area contributed by atoms with Gasteiger partial charge in [-0.25, -0.2) is 0 Å². The Labute approximate surface area is 169 Å². The summed E-state index contributed by atoms with van der Waals surface area (Å²) in [5, 5.41) is 11.9. The Morgan fingerprint density at radius 2 is 2.07 bits per heavy atom. The van der Waals surface area contributed by atoms with Gasteiger partial charge in [0.2, 0.25) is 5.88 Å². The van der Waals surface area contributed by atoms with E-state index in [1.807, 2.05) is 6.07 Å². The lowest BCUT2D eigenvalue weighted by atomic mass is 10.1. The molecule has 0 bridgehead atoms. The summed E-state index contributed by atoms with van der Waals surface area (Å²) < 4.78 is 8.00. The van der Waals surface area contributed by atoms with Gasteiger partial charge in [0.15, 0.2) is 0 Å². The minimum Gasteiger partial charge on any atom is -0.438 e. The summed E-state index contributed by atoms with van der Waals surface area (Å²) in [6.45, 7) is 2.09. The smallest absolute Gasteiger partial charge is 0.269 e. The maximum absolute atomic E-state index is 13.0. The van der Waals surface area contributed by atoms with Gasteiger partial charge in [-0.1, -0.05) is 22.0 Å². The zero-order valence-corrected chi connectivity index (χ0v) is 16.4. The van der Waals surface area contributed by atoms with Crippen LogP contribution in [0.2, 0.25) is 0 Å². The number of likely N-dealkylation sites (N-methyl/N-ethyl adjacent to an activating group) is 1. The van der Waals surface area contributed by atoms with Crippen LogP contribution in [-0.2, 0) is 4.79 Å². The second kappa shape index (κ2) is 8.50. The largest absolute Gasteiger partial charge is 0.438 e. The summed E-state index contributed by atoms with van der Waals surface area (Å²) in [7, 11) is 0. The summed E-state index contributed by atoms with van der Waals surface area (Å²) in [5.41, 5.74) is -0.269. The summed E-state index contributed by atoms with van der Waals surface area (Å²) in [6, 6.07) is 13.9. The summed E-state index contributed by atoms with van der Waals surface area (Å²) >= 11 is 3.35. The van der Waals surface area contributed by atoms with Crippen LogP contribution < -0.4 is 15.6 Å². The number of hydrogen-bond donors (Lipinski definition) is 1. The zero-order valence-electron chi connectivity index (χ0n) is 14.8. The third kappa shape index (κ3) is 4.10. The SMILES string of the molecule is CCNC(=O)C(C#N)=Cc1c(Oc2ccc(Br)cc2)nc2ccccn2c1=O. The van der Waals surface area contributed by atoms with Crippen LogP contribution in [-0.4, -0.2) is 21.8 Å². The average Bonchev–Trinajstić information content (AvgIpc) is 2.70. The average molecular weight is 439 g/mol. The van der Waals surface area contributed by atoms with E-state index in [1.165, 1.54) is 10.5 Å². The number of carbonyl (C=O) groups is 1. The Balaban J connectivity index is 2.19. The molecule has 7 nitrogen and oxygen atoms in total. The highest BCUT2D eigenvalue weighted by Gasteiger charge is 2.17. The minimum absolute atomic E-state index is 0.00872. The zero-order chi connectivity index (χ0) is 20.1. The van der Waals surface area contributed by atoms with E-state index in [-0.39, 0.29) is 17.0 Å². The number of nitriles is 1. The molecule has 2 aromatic heterocycles. The molecule has 0 aliphatic heterocycles. The predicted molar refractivity (Wildman–Crippen MR) is 108 cm³/mol. The van der Waals surface area contributed by atoms with Crippen LogP contribution in [0.25, 0.3) is 11.7 Å². The van der Waals surface area contributed by atoms with Gasteiger partial charge in [0.05, 0.1) is 0 Å². The molecule has 0 radical (unpaired) electrons. The Morgan fingerprint density at radius 3 is 2.75 bits per heavy atom. The number of nitrogens with zero attached hydrogens (tertiary/aromatic N) is 3. The first kappa shape index (κ1) is 19.3. The lowest BCUT2D eigenvalue weighted by molar-refractivity contribution is -0.116. The van der Waals surface area contributed by atoms with Gasteiger partial charge in [-0.2, -0.15) is 10.2 Å². The molecule has 8 heteroatoms. The molecule has 0 unspecified atom stereocenters. The topological polar surface area (TPSA) is 96.5 Å². The second-order valence-corrected chi connectivity index (χ2v) is 6.57. The quantitative estimate of drug-likeness (QED) is 0.486. The molecule has 140 valence electrons. The molecule has 28 heavy (non-hydrogen) atoms. The van der Waals surface area contributed by atoms with E-state index in [4.69, 9.17) is 4.74 Å². The highest BCUT2D eigenvalue weighted by atomic mass is 79.9. The number of nitrogens with one attached hydrogen (secondary N) is 1. The van der Waals surface area contributed by atoms with Crippen molar-refractivity contribution < 1.29 is 9.53 Å². The third-order valence-corrected chi connectivity index (χ3v) is 4.28. The van der Waals surface area contributed by atoms with Crippen LogP contribution in [0.15, 0.2) is 63.5 Å². The lowest BCUT2D eigenvalue weighted by Crippen LogP contribution is -2.25. The first-order valence-electron chi connectivity index (χ1n) is 8.38. The summed E-state index contributed by atoms with van der Waals surface area (Å²) in [4.78, 5) is 29.4. The van der Waals surface area contributed by atoms with E-state index in [9.17, 15) is 14.9 Å². The molecule has 0 saturated heterocycles. The van der Waals surface area contributed by atoms with E-state index in [1.54, 1.807) is 55.6 Å². The monoisotopic (exact) mass is 438 g/mol. The number of benzene rings is 1. The van der Waals surface area contributed by atoms with Gasteiger partial charge in [0.1, 0.15) is 28.6 Å². The second-order valence-electron chi connectivity index (χ2n) is 5.65. The van der Waals surface area contributed by atoms with E-state index in [0.29, 0.717) is 17.9 Å². The Hall–Kier alpha value is -3.44. The molecule has 3 aromatic rings. The number of pyridine rings is 1. The first-order valence-corrected chi connectivity index (χ1v) is 9.17. The minimum atomic E-state index is -0.572. The molecular weight excluding hydrogens is 424 g/mol. The van der Waals surface area contributed by atoms with Crippen molar-refractivity contribution in [1.29, 1.82) is 5.26 Å². The van der Waals surface area contributed by atoms with Gasteiger partial charge < -0.3 is 10.1 Å². The Bertz CT molecular complexity index is 1160. The van der Waals surface area contributed by atoms with Gasteiger partial charge in [-0.3, -0.25) is 14.0 Å². The highest BCUT2D eigenvalue weighted by Crippen LogP contribution is 2.25. The van der Waals surface area contributed by atoms with Gasteiger partial charge >= 0.3 is 0 Å². The van der Waals surface area contributed by atoms with Crippen molar-refractivity contribution in [3.63, 3.8) is 0 Å². The van der Waals surface area contributed by atoms with E-state index in [0.717, 1.165) is 4.47 Å². The fourth-order valence-electron chi connectivity index (χ4n) is 2.45. The van der Waals surface area contributed by atoms with Gasteiger partial charge in [-0.05, 0) is 49.4 Å². The van der Waals surface area contributed by atoms with Gasteiger partial charge in [-0.15, -0.1) is 0 Å². The van der Waals surface area contributed by atoms with Crippen LogP contribution in [0.4, 0.5) is 0 Å². The summed E-state index contributed by atoms with van der Waals surface area (Å²) in [5.74, 6) is -0.103. The standard InChI is InChI=1S/C20H15BrN4O3/c1-2-23-18(26)13(12-22)11-16-19(28-15-8-6-14(21)7-9-15)24-17-5-3-4-10-25(17)20(16)27/h3-11H,2H2,1H3,(H,23,26). The van der Waals surface area contributed by atoms with Crippen LogP contribution in [0.5, 0.6) is 11.6 Å². The first-order chi connectivity index (χ1) is 13.5. The van der Waals surface area contributed by atoms with Crippen LogP contribution in [0, 0.1) is 11.3 Å². The number of amides is 1. The maximum Gasteiger partial charge on any atom is 0.269 e. The number of fused-ring (bicyclic) bond motifs is 1. The van der Waals surface area contributed by atoms with Crippen molar-refractivity contribution >= 4 is 33.6 Å². The number of hydrogen-bond acceptors (Lipinski definition) is 5. The van der Waals surface area contributed by atoms with E-state index >= 15 is 0 Å². The maximum atomic E-state index is 13.0. The fraction of sp³-hybridized carbons (Fsp3) is 0.100. The van der Waals surface area contributed by atoms with Crippen LogP contribution >= 0.6 is 15.9 Å². The van der Waals surface area contributed by atoms with Gasteiger partial charge in [0, 0.05) is 17.2 Å². The fourth-order valence-corrected chi connectivity index (χ4v) is 2.71. The van der Waals surface area contributed by atoms with Crippen molar-refractivity contribution in [1.82, 2.24) is 14.7 Å². The normalized spacial score (nSPS) is 11.1. The van der Waals surface area contributed by atoms with Crippen molar-refractivity contribution in [3.05, 3.63) is 74.6 Å². The molecule has 0 aliphatic rings. The number of halogens is 1. The molecule has 1 aromatic carbocycles. The lowest BCUT2D eigenvalue weighted by Gasteiger charge is -2.10. The third-order valence-electron chi connectivity index (χ3n) is 3.75. The molecular formula is C20H15BrN4O3. The molecule has 1 amide bonds. The molecule has 3 rings (SSSR count). The molecule has 2 heterocycles. The molecule has 0 saturated carbocycles. The van der Waals surface area contributed by atoms with Crippen LogP contribution in [0.1, 0.15) is 12.5 Å². The molecule has 0 aliphatic carbocycles. The molecule has 0 fully saturated rings. The molecule has 1 N–H and O–H groups in total. The van der Waals surface area contributed by atoms with E-state index in [2.05, 4.69) is 26.2 Å².